The lowest BCUT2D eigenvalue weighted by molar-refractivity contribution is 0.0940. The van der Waals surface area contributed by atoms with Crippen molar-refractivity contribution < 1.29 is 13.9 Å². The summed E-state index contributed by atoms with van der Waals surface area (Å²) in [4.78, 5) is 15.4. The summed E-state index contributed by atoms with van der Waals surface area (Å²) in [6.07, 6.45) is 0. The zero-order valence-corrected chi connectivity index (χ0v) is 10.7. The van der Waals surface area contributed by atoms with Crippen molar-refractivity contribution in [3.05, 3.63) is 65.2 Å². The molecule has 0 fully saturated rings. The molecule has 0 saturated heterocycles. The van der Waals surface area contributed by atoms with Crippen molar-refractivity contribution in [2.75, 3.05) is 0 Å². The largest absolute Gasteiger partial charge is 0.370 e. The topological polar surface area (TPSA) is 77.2 Å². The first-order valence-corrected chi connectivity index (χ1v) is 5.98. The Morgan fingerprint density at radius 3 is 2.75 bits per heavy atom. The Bertz CT molecular complexity index is 604. The van der Waals surface area contributed by atoms with Gasteiger partial charge in [0.05, 0.1) is 18.9 Å². The second-order valence-corrected chi connectivity index (χ2v) is 4.07. The van der Waals surface area contributed by atoms with Crippen LogP contribution in [0.4, 0.5) is 4.39 Å². The lowest BCUT2D eigenvalue weighted by Gasteiger charge is -2.06. The molecule has 20 heavy (non-hydrogen) atoms. The first kappa shape index (κ1) is 14.1. The molecular formula is C14H14FN3O2. The van der Waals surface area contributed by atoms with Crippen LogP contribution in [-0.4, -0.2) is 10.9 Å². The van der Waals surface area contributed by atoms with E-state index in [1.807, 2.05) is 5.43 Å². The molecule has 0 aliphatic rings. The van der Waals surface area contributed by atoms with Gasteiger partial charge in [0.2, 0.25) is 0 Å². The summed E-state index contributed by atoms with van der Waals surface area (Å²) >= 11 is 0. The van der Waals surface area contributed by atoms with Crippen LogP contribution in [0.1, 0.15) is 21.7 Å². The van der Waals surface area contributed by atoms with Gasteiger partial charge in [-0.15, -0.1) is 0 Å². The molecule has 104 valence electrons. The molecule has 1 amide bonds. The molecular weight excluding hydrogens is 261 g/mol. The first-order valence-electron chi connectivity index (χ1n) is 5.98. The second kappa shape index (κ2) is 6.74. The SMILES string of the molecule is NNC(=O)c1cccc(COCc2ccccc2F)n1. The number of hydrogen-bond acceptors (Lipinski definition) is 4. The molecule has 0 radical (unpaired) electrons. The molecule has 3 N–H and O–H groups in total. The van der Waals surface area contributed by atoms with Gasteiger partial charge >= 0.3 is 0 Å². The predicted octanol–water partition coefficient (Wildman–Crippen LogP) is 1.54. The van der Waals surface area contributed by atoms with Gasteiger partial charge in [0.15, 0.2) is 0 Å². The van der Waals surface area contributed by atoms with Gasteiger partial charge in [-0.05, 0) is 18.2 Å². The third-order valence-corrected chi connectivity index (χ3v) is 2.64. The van der Waals surface area contributed by atoms with Gasteiger partial charge in [0.25, 0.3) is 5.91 Å². The lowest BCUT2D eigenvalue weighted by atomic mass is 10.2. The molecule has 0 aliphatic heterocycles. The van der Waals surface area contributed by atoms with E-state index in [9.17, 15) is 9.18 Å². The Hall–Kier alpha value is -2.31. The van der Waals surface area contributed by atoms with Gasteiger partial charge in [0.1, 0.15) is 11.5 Å². The number of aromatic nitrogens is 1. The number of pyridine rings is 1. The summed E-state index contributed by atoms with van der Waals surface area (Å²) in [6.45, 7) is 0.321. The van der Waals surface area contributed by atoms with E-state index in [4.69, 9.17) is 10.6 Å². The Labute approximate surface area is 115 Å². The number of hydrazine groups is 1. The van der Waals surface area contributed by atoms with E-state index in [1.165, 1.54) is 6.07 Å². The molecule has 6 heteroatoms. The standard InChI is InChI=1S/C14H14FN3O2/c15-12-6-2-1-4-10(12)8-20-9-11-5-3-7-13(17-11)14(19)18-16/h1-7H,8-9,16H2,(H,18,19). The van der Waals surface area contributed by atoms with E-state index in [0.717, 1.165) is 0 Å². The number of carbonyl (C=O) groups excluding carboxylic acids is 1. The number of nitrogen functional groups attached to an aromatic ring is 1. The monoisotopic (exact) mass is 275 g/mol. The summed E-state index contributed by atoms with van der Waals surface area (Å²) in [5.41, 5.74) is 3.26. The van der Waals surface area contributed by atoms with E-state index in [0.29, 0.717) is 11.3 Å². The van der Waals surface area contributed by atoms with Crippen LogP contribution in [0.5, 0.6) is 0 Å². The zero-order valence-electron chi connectivity index (χ0n) is 10.7. The smallest absolute Gasteiger partial charge is 0.283 e. The molecule has 0 spiro atoms. The third kappa shape index (κ3) is 3.59. The van der Waals surface area contributed by atoms with E-state index in [-0.39, 0.29) is 24.7 Å². The Balaban J connectivity index is 1.94. The maximum absolute atomic E-state index is 13.4. The van der Waals surface area contributed by atoms with Gasteiger partial charge in [0, 0.05) is 5.56 Å². The van der Waals surface area contributed by atoms with E-state index >= 15 is 0 Å². The molecule has 2 rings (SSSR count). The highest BCUT2D eigenvalue weighted by Crippen LogP contribution is 2.09. The summed E-state index contributed by atoms with van der Waals surface area (Å²) in [5, 5.41) is 0. The van der Waals surface area contributed by atoms with Gasteiger partial charge < -0.3 is 4.74 Å². The molecule has 0 bridgehead atoms. The molecule has 1 heterocycles. The average molecular weight is 275 g/mol. The minimum Gasteiger partial charge on any atom is -0.370 e. The van der Waals surface area contributed by atoms with Crippen LogP contribution < -0.4 is 11.3 Å². The van der Waals surface area contributed by atoms with Crippen molar-refractivity contribution in [2.24, 2.45) is 5.84 Å². The number of halogens is 1. The van der Waals surface area contributed by atoms with Crippen molar-refractivity contribution in [1.82, 2.24) is 10.4 Å². The second-order valence-electron chi connectivity index (χ2n) is 4.07. The molecule has 0 saturated carbocycles. The number of nitrogens with one attached hydrogen (secondary N) is 1. The Morgan fingerprint density at radius 1 is 1.20 bits per heavy atom. The van der Waals surface area contributed by atoms with Crippen LogP contribution >= 0.6 is 0 Å². The third-order valence-electron chi connectivity index (χ3n) is 2.64. The number of benzene rings is 1. The zero-order chi connectivity index (χ0) is 14.4. The van der Waals surface area contributed by atoms with Crippen LogP contribution in [0.15, 0.2) is 42.5 Å². The molecule has 1 aromatic carbocycles. The molecule has 0 unspecified atom stereocenters. The normalized spacial score (nSPS) is 10.3. The summed E-state index contributed by atoms with van der Waals surface area (Å²) in [5.74, 6) is 4.25. The van der Waals surface area contributed by atoms with Crippen LogP contribution in [-0.2, 0) is 18.0 Å². The van der Waals surface area contributed by atoms with Crippen LogP contribution in [0, 0.1) is 5.82 Å². The minimum atomic E-state index is -0.471. The molecule has 0 atom stereocenters. The van der Waals surface area contributed by atoms with Crippen LogP contribution in [0.25, 0.3) is 0 Å². The summed E-state index contributed by atoms with van der Waals surface area (Å²) in [6, 6.07) is 11.3. The Morgan fingerprint density at radius 2 is 2.00 bits per heavy atom. The molecule has 1 aromatic heterocycles. The van der Waals surface area contributed by atoms with Crippen molar-refractivity contribution in [2.45, 2.75) is 13.2 Å². The van der Waals surface area contributed by atoms with Crippen molar-refractivity contribution in [3.8, 4) is 0 Å². The predicted molar refractivity (Wildman–Crippen MR) is 70.8 cm³/mol. The number of amides is 1. The highest BCUT2D eigenvalue weighted by atomic mass is 19.1. The van der Waals surface area contributed by atoms with Crippen molar-refractivity contribution >= 4 is 5.91 Å². The van der Waals surface area contributed by atoms with E-state index in [1.54, 1.807) is 36.4 Å². The maximum Gasteiger partial charge on any atom is 0.283 e. The number of carbonyl (C=O) groups is 1. The fraction of sp³-hybridized carbons (Fsp3) is 0.143. The van der Waals surface area contributed by atoms with Crippen LogP contribution in [0.3, 0.4) is 0 Å². The minimum absolute atomic E-state index is 0.141. The fourth-order valence-corrected chi connectivity index (χ4v) is 1.64. The van der Waals surface area contributed by atoms with Gasteiger partial charge in [-0.2, -0.15) is 0 Å². The van der Waals surface area contributed by atoms with E-state index < -0.39 is 5.91 Å². The number of hydrogen-bond donors (Lipinski definition) is 2. The van der Waals surface area contributed by atoms with Gasteiger partial charge in [-0.25, -0.2) is 15.2 Å². The number of rotatable bonds is 5. The maximum atomic E-state index is 13.4. The summed E-state index contributed by atoms with van der Waals surface area (Å²) in [7, 11) is 0. The average Bonchev–Trinajstić information content (AvgIpc) is 2.49. The lowest BCUT2D eigenvalue weighted by Crippen LogP contribution is -2.30. The van der Waals surface area contributed by atoms with Crippen molar-refractivity contribution in [3.63, 3.8) is 0 Å². The fourth-order valence-electron chi connectivity index (χ4n) is 1.64. The Kier molecular flexibility index (Phi) is 4.75. The highest BCUT2D eigenvalue weighted by Gasteiger charge is 2.06. The van der Waals surface area contributed by atoms with E-state index in [2.05, 4.69) is 4.98 Å². The van der Waals surface area contributed by atoms with Gasteiger partial charge in [-0.3, -0.25) is 10.2 Å². The highest BCUT2D eigenvalue weighted by molar-refractivity contribution is 5.91. The first-order chi connectivity index (χ1) is 9.70. The quantitative estimate of drug-likeness (QED) is 0.493. The van der Waals surface area contributed by atoms with Gasteiger partial charge in [-0.1, -0.05) is 24.3 Å². The number of nitrogens with two attached hydrogens (primary N) is 1. The van der Waals surface area contributed by atoms with Crippen LogP contribution in [0.2, 0.25) is 0 Å². The number of ether oxygens (including phenoxy) is 1. The van der Waals surface area contributed by atoms with Crippen molar-refractivity contribution in [1.29, 1.82) is 0 Å². The molecule has 2 aromatic rings. The molecule has 0 aliphatic carbocycles. The molecule has 5 nitrogen and oxygen atoms in total. The number of nitrogens with zero attached hydrogens (tertiary/aromatic N) is 1. The summed E-state index contributed by atoms with van der Waals surface area (Å²) < 4.78 is 18.8.